The van der Waals surface area contributed by atoms with Gasteiger partial charge < -0.3 is 10.1 Å². The van der Waals surface area contributed by atoms with Crippen LogP contribution in [-0.2, 0) is 22.1 Å². The summed E-state index contributed by atoms with van der Waals surface area (Å²) in [4.78, 5) is 11.0. The number of halogens is 3. The summed E-state index contributed by atoms with van der Waals surface area (Å²) in [6, 6.07) is 4.88. The average molecular weight is 261 g/mol. The van der Waals surface area contributed by atoms with E-state index in [1.54, 1.807) is 0 Å². The summed E-state index contributed by atoms with van der Waals surface area (Å²) in [6.45, 7) is 0.348. The Morgan fingerprint density at radius 2 is 1.89 bits per heavy atom. The van der Waals surface area contributed by atoms with E-state index in [1.807, 2.05) is 0 Å². The Labute approximate surface area is 103 Å². The van der Waals surface area contributed by atoms with Crippen LogP contribution in [-0.4, -0.2) is 26.2 Å². The first-order chi connectivity index (χ1) is 8.43. The summed E-state index contributed by atoms with van der Waals surface area (Å²) >= 11 is 0. The van der Waals surface area contributed by atoms with Crippen LogP contribution in [0, 0.1) is 0 Å². The van der Waals surface area contributed by atoms with Crippen molar-refractivity contribution in [3.05, 3.63) is 35.4 Å². The van der Waals surface area contributed by atoms with Crippen LogP contribution in [0.25, 0.3) is 0 Å². The number of amides is 1. The Bertz CT molecular complexity index is 387. The van der Waals surface area contributed by atoms with E-state index in [0.717, 1.165) is 17.7 Å². The number of alkyl halides is 3. The van der Waals surface area contributed by atoms with Crippen molar-refractivity contribution in [2.45, 2.75) is 12.6 Å². The summed E-state index contributed by atoms with van der Waals surface area (Å²) in [5.41, 5.74) is 0.0652. The molecule has 1 N–H and O–H groups in total. The summed E-state index contributed by atoms with van der Waals surface area (Å²) in [6.07, 6.45) is -3.83. The lowest BCUT2D eigenvalue weighted by Gasteiger charge is -2.08. The standard InChI is InChI=1S/C12H14F3NO2/c1-18-8-11(17)16-7-6-9-2-4-10(5-3-9)12(13,14)15/h2-5H,6-8H2,1H3,(H,16,17). The first-order valence-corrected chi connectivity index (χ1v) is 5.35. The van der Waals surface area contributed by atoms with E-state index in [9.17, 15) is 18.0 Å². The van der Waals surface area contributed by atoms with Gasteiger partial charge in [-0.2, -0.15) is 13.2 Å². The van der Waals surface area contributed by atoms with Crippen LogP contribution in [0.2, 0.25) is 0 Å². The predicted molar refractivity (Wildman–Crippen MR) is 60.0 cm³/mol. The predicted octanol–water partition coefficient (Wildman–Crippen LogP) is 2.01. The number of benzene rings is 1. The van der Waals surface area contributed by atoms with Crippen molar-refractivity contribution in [3.8, 4) is 0 Å². The van der Waals surface area contributed by atoms with Gasteiger partial charge in [0.25, 0.3) is 0 Å². The topological polar surface area (TPSA) is 38.3 Å². The van der Waals surface area contributed by atoms with E-state index in [0.29, 0.717) is 13.0 Å². The van der Waals surface area contributed by atoms with E-state index in [4.69, 9.17) is 0 Å². The molecule has 100 valence electrons. The molecule has 0 unspecified atom stereocenters. The SMILES string of the molecule is COCC(=O)NCCc1ccc(C(F)(F)F)cc1. The average Bonchev–Trinajstić information content (AvgIpc) is 2.29. The van der Waals surface area contributed by atoms with Gasteiger partial charge in [0, 0.05) is 13.7 Å². The highest BCUT2D eigenvalue weighted by atomic mass is 19.4. The van der Waals surface area contributed by atoms with E-state index < -0.39 is 11.7 Å². The molecule has 1 amide bonds. The number of hydrogen-bond donors (Lipinski definition) is 1. The molecule has 0 aliphatic carbocycles. The minimum atomic E-state index is -4.31. The maximum absolute atomic E-state index is 12.3. The Hall–Kier alpha value is -1.56. The fraction of sp³-hybridized carbons (Fsp3) is 0.417. The smallest absolute Gasteiger partial charge is 0.375 e. The van der Waals surface area contributed by atoms with Gasteiger partial charge in [-0.3, -0.25) is 4.79 Å². The third-order valence-electron chi connectivity index (χ3n) is 2.29. The lowest BCUT2D eigenvalue weighted by Crippen LogP contribution is -2.28. The zero-order valence-corrected chi connectivity index (χ0v) is 9.88. The van der Waals surface area contributed by atoms with Crippen LogP contribution < -0.4 is 5.32 Å². The molecule has 0 fully saturated rings. The number of carbonyl (C=O) groups excluding carboxylic acids is 1. The molecule has 6 heteroatoms. The van der Waals surface area contributed by atoms with Gasteiger partial charge in [-0.05, 0) is 24.1 Å². The normalized spacial score (nSPS) is 11.3. The minimum absolute atomic E-state index is 0.0208. The molecule has 0 saturated carbocycles. The highest BCUT2D eigenvalue weighted by Crippen LogP contribution is 2.29. The number of hydrogen-bond acceptors (Lipinski definition) is 2. The molecule has 1 rings (SSSR count). The number of ether oxygens (including phenoxy) is 1. The van der Waals surface area contributed by atoms with Crippen LogP contribution in [0.5, 0.6) is 0 Å². The Morgan fingerprint density at radius 1 is 1.28 bits per heavy atom. The molecule has 0 saturated heterocycles. The van der Waals surface area contributed by atoms with Gasteiger partial charge in [-0.15, -0.1) is 0 Å². The molecule has 0 bridgehead atoms. The summed E-state index contributed by atoms with van der Waals surface area (Å²) in [5, 5.41) is 2.59. The Balaban J connectivity index is 2.42. The first kappa shape index (κ1) is 14.5. The van der Waals surface area contributed by atoms with Gasteiger partial charge in [-0.25, -0.2) is 0 Å². The molecule has 0 atom stereocenters. The number of rotatable bonds is 5. The van der Waals surface area contributed by atoms with Gasteiger partial charge in [0.15, 0.2) is 0 Å². The molecular weight excluding hydrogens is 247 g/mol. The minimum Gasteiger partial charge on any atom is -0.375 e. The van der Waals surface area contributed by atoms with Crippen molar-refractivity contribution < 1.29 is 22.7 Å². The van der Waals surface area contributed by atoms with Crippen molar-refractivity contribution in [2.24, 2.45) is 0 Å². The molecule has 0 radical (unpaired) electrons. The first-order valence-electron chi connectivity index (χ1n) is 5.35. The molecule has 0 aliphatic rings. The molecule has 0 heterocycles. The second-order valence-corrected chi connectivity index (χ2v) is 3.73. The summed E-state index contributed by atoms with van der Waals surface area (Å²) < 4.78 is 41.5. The Morgan fingerprint density at radius 3 is 2.39 bits per heavy atom. The van der Waals surface area contributed by atoms with Crippen LogP contribution in [0.4, 0.5) is 13.2 Å². The van der Waals surface area contributed by atoms with Gasteiger partial charge in [0.2, 0.25) is 5.91 Å². The fourth-order valence-electron chi connectivity index (χ4n) is 1.39. The number of carbonyl (C=O) groups is 1. The van der Waals surface area contributed by atoms with Crippen molar-refractivity contribution in [1.29, 1.82) is 0 Å². The lowest BCUT2D eigenvalue weighted by molar-refractivity contribution is -0.137. The van der Waals surface area contributed by atoms with E-state index >= 15 is 0 Å². The third-order valence-corrected chi connectivity index (χ3v) is 2.29. The number of methoxy groups -OCH3 is 1. The molecule has 1 aromatic carbocycles. The largest absolute Gasteiger partial charge is 0.416 e. The highest BCUT2D eigenvalue weighted by Gasteiger charge is 2.29. The van der Waals surface area contributed by atoms with Gasteiger partial charge in [-0.1, -0.05) is 12.1 Å². The van der Waals surface area contributed by atoms with Crippen LogP contribution in [0.1, 0.15) is 11.1 Å². The quantitative estimate of drug-likeness (QED) is 0.880. The maximum atomic E-state index is 12.3. The Kier molecular flexibility index (Phi) is 5.15. The molecule has 18 heavy (non-hydrogen) atoms. The third kappa shape index (κ3) is 4.75. The van der Waals surface area contributed by atoms with Crippen molar-refractivity contribution >= 4 is 5.91 Å². The monoisotopic (exact) mass is 261 g/mol. The molecular formula is C12H14F3NO2. The van der Waals surface area contributed by atoms with E-state index in [2.05, 4.69) is 10.1 Å². The number of nitrogens with one attached hydrogen (secondary N) is 1. The van der Waals surface area contributed by atoms with Crippen molar-refractivity contribution in [2.75, 3.05) is 20.3 Å². The zero-order valence-electron chi connectivity index (χ0n) is 9.88. The van der Waals surface area contributed by atoms with Crippen LogP contribution in [0.3, 0.4) is 0 Å². The molecule has 0 aromatic heterocycles. The fourth-order valence-corrected chi connectivity index (χ4v) is 1.39. The lowest BCUT2D eigenvalue weighted by atomic mass is 10.1. The van der Waals surface area contributed by atoms with Crippen molar-refractivity contribution in [3.63, 3.8) is 0 Å². The van der Waals surface area contributed by atoms with Gasteiger partial charge >= 0.3 is 6.18 Å². The molecule has 0 spiro atoms. The molecule has 3 nitrogen and oxygen atoms in total. The zero-order chi connectivity index (χ0) is 13.6. The van der Waals surface area contributed by atoms with Gasteiger partial charge in [0.1, 0.15) is 6.61 Å². The second kappa shape index (κ2) is 6.39. The summed E-state index contributed by atoms with van der Waals surface area (Å²) in [7, 11) is 1.41. The molecule has 1 aromatic rings. The summed E-state index contributed by atoms with van der Waals surface area (Å²) in [5.74, 6) is -0.246. The molecule has 0 aliphatic heterocycles. The maximum Gasteiger partial charge on any atom is 0.416 e. The van der Waals surface area contributed by atoms with Crippen LogP contribution >= 0.6 is 0 Å². The van der Waals surface area contributed by atoms with E-state index in [1.165, 1.54) is 19.2 Å². The van der Waals surface area contributed by atoms with Crippen molar-refractivity contribution in [1.82, 2.24) is 5.32 Å². The van der Waals surface area contributed by atoms with E-state index in [-0.39, 0.29) is 12.5 Å². The van der Waals surface area contributed by atoms with Gasteiger partial charge in [0.05, 0.1) is 5.56 Å². The highest BCUT2D eigenvalue weighted by molar-refractivity contribution is 5.77. The second-order valence-electron chi connectivity index (χ2n) is 3.73. The van der Waals surface area contributed by atoms with Crippen LogP contribution in [0.15, 0.2) is 24.3 Å².